The highest BCUT2D eigenvalue weighted by molar-refractivity contribution is 5.72. The first-order valence-corrected chi connectivity index (χ1v) is 7.81. The van der Waals surface area contributed by atoms with Gasteiger partial charge in [0.1, 0.15) is 6.61 Å². The van der Waals surface area contributed by atoms with E-state index in [9.17, 15) is 31.5 Å². The first kappa shape index (κ1) is 23.7. The molecule has 1 aromatic rings. The normalized spacial score (nSPS) is 10.8. The van der Waals surface area contributed by atoms with Crippen LogP contribution in [0.25, 0.3) is 0 Å². The fourth-order valence-electron chi connectivity index (χ4n) is 1.65. The van der Waals surface area contributed by atoms with Gasteiger partial charge in [0.2, 0.25) is 34.8 Å². The van der Waals surface area contributed by atoms with E-state index in [1.807, 2.05) is 0 Å². The van der Waals surface area contributed by atoms with E-state index in [-0.39, 0.29) is 39.6 Å². The summed E-state index contributed by atoms with van der Waals surface area (Å²) in [7, 11) is 1.22. The minimum absolute atomic E-state index is 0.0484. The number of benzene rings is 1. The molecule has 0 bridgehead atoms. The third-order valence-electron chi connectivity index (χ3n) is 3.03. The van der Waals surface area contributed by atoms with E-state index in [0.29, 0.717) is 0 Å². The van der Waals surface area contributed by atoms with Crippen LogP contribution in [0.3, 0.4) is 0 Å². The van der Waals surface area contributed by atoms with Gasteiger partial charge >= 0.3 is 11.9 Å². The Labute approximate surface area is 156 Å². The zero-order valence-electron chi connectivity index (χ0n) is 14.7. The molecule has 0 fully saturated rings. The highest BCUT2D eigenvalue weighted by atomic mass is 19.2. The van der Waals surface area contributed by atoms with Gasteiger partial charge in [0.05, 0.1) is 46.6 Å². The number of halogens is 5. The maximum Gasteiger partial charge on any atom is 0.331 e. The Bertz CT molecular complexity index is 655. The van der Waals surface area contributed by atoms with Gasteiger partial charge in [-0.1, -0.05) is 0 Å². The van der Waals surface area contributed by atoms with Crippen LogP contribution < -0.4 is 4.74 Å². The minimum Gasteiger partial charge on any atom is -0.467 e. The second kappa shape index (κ2) is 12.2. The summed E-state index contributed by atoms with van der Waals surface area (Å²) in [5.41, 5.74) is 0. The molecule has 0 unspecified atom stereocenters. The molecule has 0 aliphatic carbocycles. The zero-order valence-corrected chi connectivity index (χ0v) is 14.7. The van der Waals surface area contributed by atoms with Crippen molar-refractivity contribution in [2.24, 2.45) is 0 Å². The number of carbonyl (C=O) groups excluding carboxylic acids is 2. The molecule has 28 heavy (non-hydrogen) atoms. The summed E-state index contributed by atoms with van der Waals surface area (Å²) in [6.07, 6.45) is -0.498. The average molecular weight is 416 g/mol. The third-order valence-corrected chi connectivity index (χ3v) is 3.03. The van der Waals surface area contributed by atoms with Gasteiger partial charge in [-0.05, 0) is 0 Å². The van der Waals surface area contributed by atoms with Crippen LogP contribution in [0.15, 0.2) is 0 Å². The molecular weight excluding hydrogens is 399 g/mol. The second-order valence-electron chi connectivity index (χ2n) is 4.98. The topological polar surface area (TPSA) is 80.3 Å². The van der Waals surface area contributed by atoms with Gasteiger partial charge in [-0.25, -0.2) is 18.0 Å². The molecule has 0 spiro atoms. The molecule has 1 aromatic carbocycles. The van der Waals surface area contributed by atoms with Crippen LogP contribution >= 0.6 is 0 Å². The summed E-state index contributed by atoms with van der Waals surface area (Å²) < 4.78 is 89.1. The zero-order chi connectivity index (χ0) is 21.1. The maximum absolute atomic E-state index is 13.4. The molecule has 1 rings (SSSR count). The minimum atomic E-state index is -2.35. The fraction of sp³-hybridized carbons (Fsp3) is 0.500. The molecule has 0 aliphatic rings. The molecule has 0 N–H and O–H groups in total. The van der Waals surface area contributed by atoms with Gasteiger partial charge in [0.15, 0.2) is 0 Å². The molecule has 0 atom stereocenters. The van der Waals surface area contributed by atoms with Gasteiger partial charge in [-0.3, -0.25) is 4.79 Å². The molecule has 0 saturated carbocycles. The first-order valence-electron chi connectivity index (χ1n) is 7.81. The second-order valence-corrected chi connectivity index (χ2v) is 4.98. The average Bonchev–Trinajstić information content (AvgIpc) is 2.69. The van der Waals surface area contributed by atoms with E-state index in [4.69, 9.17) is 14.2 Å². The van der Waals surface area contributed by atoms with Crippen LogP contribution in [-0.4, -0.2) is 58.7 Å². The lowest BCUT2D eigenvalue weighted by atomic mass is 10.2. The van der Waals surface area contributed by atoms with Crippen molar-refractivity contribution in [2.45, 2.75) is 6.42 Å². The van der Waals surface area contributed by atoms with Crippen LogP contribution in [0.4, 0.5) is 22.0 Å². The predicted octanol–water partition coefficient (Wildman–Crippen LogP) is 1.90. The van der Waals surface area contributed by atoms with E-state index < -0.39 is 53.2 Å². The number of hydrogen-bond acceptors (Lipinski definition) is 7. The molecule has 0 aromatic heterocycles. The van der Waals surface area contributed by atoms with Crippen molar-refractivity contribution in [3.8, 4) is 5.75 Å². The van der Waals surface area contributed by atoms with Gasteiger partial charge in [0, 0.05) is 0 Å². The Morgan fingerprint density at radius 3 is 1.68 bits per heavy atom. The van der Waals surface area contributed by atoms with E-state index in [1.54, 1.807) is 0 Å². The Balaban J connectivity index is 2.21. The largest absolute Gasteiger partial charge is 0.467 e. The van der Waals surface area contributed by atoms with E-state index in [0.717, 1.165) is 0 Å². The Hall–Kier alpha value is -2.31. The fourth-order valence-corrected chi connectivity index (χ4v) is 1.65. The van der Waals surface area contributed by atoms with Crippen molar-refractivity contribution in [3.05, 3.63) is 29.1 Å². The Morgan fingerprint density at radius 1 is 0.679 bits per heavy atom. The highest BCUT2D eigenvalue weighted by Crippen LogP contribution is 2.29. The SMILES string of the molecule is COC(=O)COCCOCCOCCC(=O)Oc1c(F)c(F)c(F)c(F)c1F. The van der Waals surface area contributed by atoms with E-state index in [1.165, 1.54) is 7.11 Å². The first-order chi connectivity index (χ1) is 13.3. The summed E-state index contributed by atoms with van der Waals surface area (Å²) in [6, 6.07) is 0. The predicted molar refractivity (Wildman–Crippen MR) is 81.0 cm³/mol. The summed E-state index contributed by atoms with van der Waals surface area (Å²) in [5, 5.41) is 0. The number of rotatable bonds is 12. The van der Waals surface area contributed by atoms with Crippen LogP contribution in [0.2, 0.25) is 0 Å². The van der Waals surface area contributed by atoms with Crippen LogP contribution in [0.1, 0.15) is 6.42 Å². The van der Waals surface area contributed by atoms with Crippen molar-refractivity contribution >= 4 is 11.9 Å². The van der Waals surface area contributed by atoms with E-state index >= 15 is 0 Å². The quantitative estimate of drug-likeness (QED) is 0.129. The lowest BCUT2D eigenvalue weighted by Gasteiger charge is -2.09. The number of carbonyl (C=O) groups is 2. The highest BCUT2D eigenvalue weighted by Gasteiger charge is 2.28. The van der Waals surface area contributed by atoms with Crippen molar-refractivity contribution in [1.82, 2.24) is 0 Å². The standard InChI is InChI=1S/C16H17F5O7/c1-24-10(23)8-27-7-6-26-5-4-25-3-2-9(22)28-16-14(20)12(18)11(17)13(19)15(16)21/h2-8H2,1H3. The van der Waals surface area contributed by atoms with Crippen molar-refractivity contribution in [2.75, 3.05) is 46.8 Å². The molecule has 0 aliphatic heterocycles. The van der Waals surface area contributed by atoms with Crippen molar-refractivity contribution in [1.29, 1.82) is 0 Å². The molecule has 12 heteroatoms. The van der Waals surface area contributed by atoms with Gasteiger partial charge < -0.3 is 23.7 Å². The molecule has 0 heterocycles. The number of esters is 2. The van der Waals surface area contributed by atoms with Gasteiger partial charge in [-0.15, -0.1) is 0 Å². The summed E-state index contributed by atoms with van der Waals surface area (Å²) in [6.45, 7) is 0.0328. The van der Waals surface area contributed by atoms with Crippen molar-refractivity contribution in [3.63, 3.8) is 0 Å². The summed E-state index contributed by atoms with van der Waals surface area (Å²) in [4.78, 5) is 22.2. The molecule has 0 amide bonds. The van der Waals surface area contributed by atoms with Crippen molar-refractivity contribution < 1.29 is 55.2 Å². The Morgan fingerprint density at radius 2 is 1.14 bits per heavy atom. The monoisotopic (exact) mass is 416 g/mol. The van der Waals surface area contributed by atoms with E-state index in [2.05, 4.69) is 9.47 Å². The number of methoxy groups -OCH3 is 1. The molecule has 0 saturated heterocycles. The molecule has 158 valence electrons. The Kier molecular flexibility index (Phi) is 10.3. The summed E-state index contributed by atoms with van der Waals surface area (Å²) in [5.74, 6) is -14.7. The lowest BCUT2D eigenvalue weighted by molar-refractivity contribution is -0.146. The maximum atomic E-state index is 13.4. The van der Waals surface area contributed by atoms with Crippen LogP contribution in [0, 0.1) is 29.1 Å². The summed E-state index contributed by atoms with van der Waals surface area (Å²) >= 11 is 0. The van der Waals surface area contributed by atoms with Gasteiger partial charge in [0.25, 0.3) is 0 Å². The number of ether oxygens (including phenoxy) is 5. The molecule has 0 radical (unpaired) electrons. The third kappa shape index (κ3) is 7.37. The molecule has 7 nitrogen and oxygen atoms in total. The smallest absolute Gasteiger partial charge is 0.331 e. The van der Waals surface area contributed by atoms with Crippen LogP contribution in [-0.2, 0) is 28.5 Å². The lowest BCUT2D eigenvalue weighted by Crippen LogP contribution is -2.17. The van der Waals surface area contributed by atoms with Gasteiger partial charge in [-0.2, -0.15) is 8.78 Å². The molecular formula is C16H17F5O7. The number of hydrogen-bond donors (Lipinski definition) is 0. The van der Waals surface area contributed by atoms with Crippen LogP contribution in [0.5, 0.6) is 5.75 Å².